The van der Waals surface area contributed by atoms with Gasteiger partial charge in [0.1, 0.15) is 0 Å². The summed E-state index contributed by atoms with van der Waals surface area (Å²) in [6.45, 7) is 2.16. The second-order valence-corrected chi connectivity index (χ2v) is 5.21. The largest absolute Gasteiger partial charge is 0.377 e. The first-order chi connectivity index (χ1) is 8.84. The van der Waals surface area contributed by atoms with Crippen molar-refractivity contribution in [3.63, 3.8) is 0 Å². The molecule has 0 aliphatic carbocycles. The number of hydrogen-bond donors (Lipinski definition) is 1. The van der Waals surface area contributed by atoms with Crippen LogP contribution in [-0.2, 0) is 0 Å². The minimum absolute atomic E-state index is 0.281. The van der Waals surface area contributed by atoms with Gasteiger partial charge in [-0.15, -0.1) is 11.3 Å². The predicted molar refractivity (Wildman–Crippen MR) is 78.1 cm³/mol. The molecule has 1 N–H and O–H groups in total. The average molecular weight is 254 g/mol. The Morgan fingerprint density at radius 1 is 1.11 bits per heavy atom. The molecular formula is C15H14N2S. The van der Waals surface area contributed by atoms with Crippen molar-refractivity contribution in [1.29, 1.82) is 0 Å². The maximum absolute atomic E-state index is 4.13. The molecule has 3 rings (SSSR count). The van der Waals surface area contributed by atoms with Gasteiger partial charge in [-0.1, -0.05) is 36.4 Å². The summed E-state index contributed by atoms with van der Waals surface area (Å²) in [4.78, 5) is 5.38. The molecule has 1 unspecified atom stereocenters. The summed E-state index contributed by atoms with van der Waals surface area (Å²) in [7, 11) is 0. The van der Waals surface area contributed by atoms with Gasteiger partial charge in [-0.25, -0.2) is 0 Å². The third kappa shape index (κ3) is 2.09. The third-order valence-corrected chi connectivity index (χ3v) is 4.00. The highest BCUT2D eigenvalue weighted by Crippen LogP contribution is 2.27. The van der Waals surface area contributed by atoms with Gasteiger partial charge in [-0.2, -0.15) is 0 Å². The lowest BCUT2D eigenvalue weighted by Gasteiger charge is -2.15. The van der Waals surface area contributed by atoms with Gasteiger partial charge in [0.15, 0.2) is 0 Å². The lowest BCUT2D eigenvalue weighted by molar-refractivity contribution is 0.906. The Labute approximate surface area is 110 Å². The number of rotatable bonds is 3. The molecule has 0 bridgehead atoms. The maximum atomic E-state index is 4.13. The molecule has 3 aromatic rings. The zero-order chi connectivity index (χ0) is 12.4. The Morgan fingerprint density at radius 2 is 1.94 bits per heavy atom. The number of nitrogens with zero attached hydrogens (tertiary/aromatic N) is 1. The van der Waals surface area contributed by atoms with E-state index in [4.69, 9.17) is 0 Å². The lowest BCUT2D eigenvalue weighted by atomic mass is 10.1. The average Bonchev–Trinajstić information content (AvgIpc) is 2.93. The number of aromatic nitrogens is 1. The van der Waals surface area contributed by atoms with Crippen LogP contribution in [0.2, 0.25) is 0 Å². The number of anilines is 1. The third-order valence-electron chi connectivity index (χ3n) is 3.04. The first-order valence-corrected chi connectivity index (χ1v) is 6.85. The molecule has 1 heterocycles. The second kappa shape index (κ2) is 4.78. The van der Waals surface area contributed by atoms with E-state index in [0.717, 1.165) is 0 Å². The molecule has 1 aromatic heterocycles. The quantitative estimate of drug-likeness (QED) is 0.746. The summed E-state index contributed by atoms with van der Waals surface area (Å²) >= 11 is 1.68. The van der Waals surface area contributed by atoms with E-state index < -0.39 is 0 Å². The smallest absolute Gasteiger partial charge is 0.0795 e. The molecule has 0 spiro atoms. The Kier molecular flexibility index (Phi) is 2.99. The Morgan fingerprint density at radius 3 is 2.78 bits per heavy atom. The highest BCUT2D eigenvalue weighted by molar-refractivity contribution is 7.09. The molecule has 0 saturated heterocycles. The van der Waals surface area contributed by atoms with Crippen molar-refractivity contribution in [2.45, 2.75) is 13.0 Å². The number of thiazole rings is 1. The van der Waals surface area contributed by atoms with E-state index in [1.165, 1.54) is 21.3 Å². The van der Waals surface area contributed by atoms with Crippen LogP contribution in [0.3, 0.4) is 0 Å². The Balaban J connectivity index is 1.95. The van der Waals surface area contributed by atoms with E-state index >= 15 is 0 Å². The molecule has 0 saturated carbocycles. The van der Waals surface area contributed by atoms with Crippen molar-refractivity contribution < 1.29 is 0 Å². The first kappa shape index (κ1) is 11.2. The van der Waals surface area contributed by atoms with Crippen molar-refractivity contribution >= 4 is 27.8 Å². The number of hydrogen-bond acceptors (Lipinski definition) is 3. The Hall–Kier alpha value is -1.87. The van der Waals surface area contributed by atoms with E-state index in [0.29, 0.717) is 0 Å². The summed E-state index contributed by atoms with van der Waals surface area (Å²) in [5.41, 5.74) is 3.05. The van der Waals surface area contributed by atoms with Crippen LogP contribution >= 0.6 is 11.3 Å². The van der Waals surface area contributed by atoms with Gasteiger partial charge in [0, 0.05) is 22.1 Å². The molecule has 0 radical (unpaired) electrons. The van der Waals surface area contributed by atoms with Gasteiger partial charge in [-0.3, -0.25) is 4.98 Å². The molecule has 90 valence electrons. The van der Waals surface area contributed by atoms with Crippen LogP contribution in [0.25, 0.3) is 10.8 Å². The van der Waals surface area contributed by atoms with E-state index in [1.54, 1.807) is 11.3 Å². The van der Waals surface area contributed by atoms with Crippen LogP contribution in [-0.4, -0.2) is 4.98 Å². The number of nitrogens with one attached hydrogen (secondary N) is 1. The van der Waals surface area contributed by atoms with E-state index in [9.17, 15) is 0 Å². The van der Waals surface area contributed by atoms with Gasteiger partial charge in [-0.05, 0) is 18.4 Å². The SMILES string of the molecule is CC(Nc1cccc2ccccc12)c1cncs1. The van der Waals surface area contributed by atoms with Crippen molar-refractivity contribution in [2.75, 3.05) is 5.32 Å². The fourth-order valence-corrected chi connectivity index (χ4v) is 2.72. The van der Waals surface area contributed by atoms with E-state index in [1.807, 2.05) is 11.7 Å². The van der Waals surface area contributed by atoms with Crippen LogP contribution in [0.15, 0.2) is 54.2 Å². The molecule has 0 amide bonds. The van der Waals surface area contributed by atoms with Crippen molar-refractivity contribution in [2.24, 2.45) is 0 Å². The van der Waals surface area contributed by atoms with Crippen LogP contribution < -0.4 is 5.32 Å². The normalized spacial score (nSPS) is 12.5. The molecule has 1 atom stereocenters. The zero-order valence-electron chi connectivity index (χ0n) is 10.1. The highest BCUT2D eigenvalue weighted by Gasteiger charge is 2.08. The molecule has 3 heteroatoms. The summed E-state index contributed by atoms with van der Waals surface area (Å²) in [6.07, 6.45) is 1.92. The fraction of sp³-hybridized carbons (Fsp3) is 0.133. The minimum Gasteiger partial charge on any atom is -0.377 e. The van der Waals surface area contributed by atoms with Gasteiger partial charge >= 0.3 is 0 Å². The molecule has 2 nitrogen and oxygen atoms in total. The summed E-state index contributed by atoms with van der Waals surface area (Å²) in [5, 5.41) is 6.08. The van der Waals surface area contributed by atoms with Crippen molar-refractivity contribution in [1.82, 2.24) is 4.98 Å². The fourth-order valence-electron chi connectivity index (χ4n) is 2.10. The molecule has 2 aromatic carbocycles. The van der Waals surface area contributed by atoms with Gasteiger partial charge in [0.2, 0.25) is 0 Å². The monoisotopic (exact) mass is 254 g/mol. The van der Waals surface area contributed by atoms with Crippen molar-refractivity contribution in [3.05, 3.63) is 59.0 Å². The van der Waals surface area contributed by atoms with Crippen LogP contribution in [0.4, 0.5) is 5.69 Å². The van der Waals surface area contributed by atoms with Crippen LogP contribution in [0, 0.1) is 0 Å². The van der Waals surface area contributed by atoms with E-state index in [2.05, 4.69) is 59.7 Å². The highest BCUT2D eigenvalue weighted by atomic mass is 32.1. The Bertz CT molecular complexity index is 641. The molecule has 18 heavy (non-hydrogen) atoms. The van der Waals surface area contributed by atoms with Gasteiger partial charge < -0.3 is 5.32 Å². The van der Waals surface area contributed by atoms with Gasteiger partial charge in [0.05, 0.1) is 11.6 Å². The second-order valence-electron chi connectivity index (χ2n) is 4.30. The zero-order valence-corrected chi connectivity index (χ0v) is 10.9. The lowest BCUT2D eigenvalue weighted by Crippen LogP contribution is -2.05. The number of fused-ring (bicyclic) bond motifs is 1. The molecule has 0 aliphatic heterocycles. The van der Waals surface area contributed by atoms with Crippen LogP contribution in [0.1, 0.15) is 17.8 Å². The minimum atomic E-state index is 0.281. The molecular weight excluding hydrogens is 240 g/mol. The van der Waals surface area contributed by atoms with Crippen LogP contribution in [0.5, 0.6) is 0 Å². The van der Waals surface area contributed by atoms with E-state index in [-0.39, 0.29) is 6.04 Å². The first-order valence-electron chi connectivity index (χ1n) is 5.97. The van der Waals surface area contributed by atoms with Crippen molar-refractivity contribution in [3.8, 4) is 0 Å². The topological polar surface area (TPSA) is 24.9 Å². The predicted octanol–water partition coefficient (Wildman–Crippen LogP) is 4.47. The summed E-state index contributed by atoms with van der Waals surface area (Å²) < 4.78 is 0. The molecule has 0 fully saturated rings. The summed E-state index contributed by atoms with van der Waals surface area (Å²) in [5.74, 6) is 0. The summed E-state index contributed by atoms with van der Waals surface area (Å²) in [6, 6.07) is 15.1. The molecule has 0 aliphatic rings. The standard InChI is InChI=1S/C15H14N2S/c1-11(15-9-16-10-18-15)17-14-8-4-6-12-5-2-3-7-13(12)14/h2-11,17H,1H3. The number of benzene rings is 2. The maximum Gasteiger partial charge on any atom is 0.0795 e. The van der Waals surface area contributed by atoms with Gasteiger partial charge in [0.25, 0.3) is 0 Å².